The van der Waals surface area contributed by atoms with Gasteiger partial charge in [0, 0.05) is 29.3 Å². The van der Waals surface area contributed by atoms with Crippen molar-refractivity contribution in [2.24, 2.45) is 0 Å². The Morgan fingerprint density at radius 1 is 1.11 bits per heavy atom. The van der Waals surface area contributed by atoms with Crippen LogP contribution in [0.2, 0.25) is 0 Å². The summed E-state index contributed by atoms with van der Waals surface area (Å²) in [6.07, 6.45) is 7.35. The molecule has 0 aromatic carbocycles. The predicted molar refractivity (Wildman–Crippen MR) is 73.4 cm³/mol. The van der Waals surface area contributed by atoms with Crippen LogP contribution in [0.3, 0.4) is 0 Å². The Kier molecular flexibility index (Phi) is 2.63. The molecule has 0 bridgehead atoms. The number of pyridine rings is 1. The minimum atomic E-state index is 0.830. The van der Waals surface area contributed by atoms with Crippen molar-refractivity contribution in [1.82, 2.24) is 19.4 Å². The Morgan fingerprint density at radius 2 is 1.89 bits per heavy atom. The van der Waals surface area contributed by atoms with Crippen molar-refractivity contribution in [2.45, 2.75) is 13.8 Å². The Labute approximate surface area is 113 Å². The number of hydrogen-bond donors (Lipinski definition) is 0. The van der Waals surface area contributed by atoms with Gasteiger partial charge in [0.05, 0.1) is 5.69 Å². The summed E-state index contributed by atoms with van der Waals surface area (Å²) in [6.45, 7) is 3.98. The van der Waals surface area contributed by atoms with Gasteiger partial charge in [0.15, 0.2) is 0 Å². The topological polar surface area (TPSA) is 43.1 Å². The summed E-state index contributed by atoms with van der Waals surface area (Å²) in [5, 5.41) is 0. The van der Waals surface area contributed by atoms with Crippen LogP contribution in [0.1, 0.15) is 11.3 Å². The van der Waals surface area contributed by atoms with E-state index in [4.69, 9.17) is 0 Å². The van der Waals surface area contributed by atoms with Crippen LogP contribution in [-0.2, 0) is 0 Å². The van der Waals surface area contributed by atoms with Crippen LogP contribution in [0.15, 0.2) is 35.3 Å². The molecule has 0 atom stereocenters. The first-order valence-corrected chi connectivity index (χ1v) is 6.37. The van der Waals surface area contributed by atoms with Gasteiger partial charge in [-0.2, -0.15) is 0 Å². The number of nitrogens with zero attached hydrogens (tertiary/aromatic N) is 4. The van der Waals surface area contributed by atoms with E-state index in [1.54, 1.807) is 12.4 Å². The van der Waals surface area contributed by atoms with Crippen LogP contribution in [-0.4, -0.2) is 19.4 Å². The summed E-state index contributed by atoms with van der Waals surface area (Å²) in [4.78, 5) is 13.2. The maximum absolute atomic E-state index is 4.62. The summed E-state index contributed by atoms with van der Waals surface area (Å²) >= 11 is 3.49. The zero-order valence-electron chi connectivity index (χ0n) is 10.1. The fourth-order valence-electron chi connectivity index (χ4n) is 2.00. The SMILES string of the molecule is Cc1nccnc1-c1cn2cc(Br)cc(C)c2n1. The first-order chi connectivity index (χ1) is 8.65. The first kappa shape index (κ1) is 11.3. The Hall–Kier alpha value is -1.75. The van der Waals surface area contributed by atoms with Crippen molar-refractivity contribution in [2.75, 3.05) is 0 Å². The third kappa shape index (κ3) is 1.80. The molecule has 3 heterocycles. The molecule has 0 saturated carbocycles. The summed E-state index contributed by atoms with van der Waals surface area (Å²) in [5.41, 5.74) is 4.63. The molecule has 0 unspecified atom stereocenters. The van der Waals surface area contributed by atoms with E-state index >= 15 is 0 Å². The predicted octanol–water partition coefficient (Wildman–Crippen LogP) is 3.17. The number of rotatable bonds is 1. The molecule has 0 N–H and O–H groups in total. The third-order valence-electron chi connectivity index (χ3n) is 2.83. The molecule has 4 nitrogen and oxygen atoms in total. The molecule has 18 heavy (non-hydrogen) atoms. The molecule has 0 radical (unpaired) electrons. The van der Waals surface area contributed by atoms with E-state index < -0.39 is 0 Å². The highest BCUT2D eigenvalue weighted by Gasteiger charge is 2.10. The summed E-state index contributed by atoms with van der Waals surface area (Å²) in [6, 6.07) is 2.05. The largest absolute Gasteiger partial charge is 0.305 e. The maximum Gasteiger partial charge on any atom is 0.140 e. The average molecular weight is 303 g/mol. The third-order valence-corrected chi connectivity index (χ3v) is 3.26. The van der Waals surface area contributed by atoms with Crippen LogP contribution in [0, 0.1) is 13.8 Å². The normalized spacial score (nSPS) is 11.1. The van der Waals surface area contributed by atoms with Crippen molar-refractivity contribution < 1.29 is 0 Å². The lowest BCUT2D eigenvalue weighted by atomic mass is 10.2. The second kappa shape index (κ2) is 4.17. The lowest BCUT2D eigenvalue weighted by molar-refractivity contribution is 1.11. The molecule has 0 saturated heterocycles. The number of aryl methyl sites for hydroxylation is 2. The number of hydrogen-bond acceptors (Lipinski definition) is 3. The van der Waals surface area contributed by atoms with Crippen molar-refractivity contribution in [3.05, 3.63) is 46.6 Å². The van der Waals surface area contributed by atoms with E-state index in [1.165, 1.54) is 0 Å². The molecule has 90 valence electrons. The van der Waals surface area contributed by atoms with Crippen molar-refractivity contribution in [3.63, 3.8) is 0 Å². The van der Waals surface area contributed by atoms with Gasteiger partial charge in [0.1, 0.15) is 17.0 Å². The van der Waals surface area contributed by atoms with Crippen LogP contribution in [0.25, 0.3) is 17.0 Å². The highest BCUT2D eigenvalue weighted by atomic mass is 79.9. The maximum atomic E-state index is 4.62. The lowest BCUT2D eigenvalue weighted by Crippen LogP contribution is -1.90. The van der Waals surface area contributed by atoms with Crippen LogP contribution >= 0.6 is 15.9 Å². The van der Waals surface area contributed by atoms with Gasteiger partial charge in [-0.25, -0.2) is 4.98 Å². The first-order valence-electron chi connectivity index (χ1n) is 5.58. The van der Waals surface area contributed by atoms with E-state index in [0.29, 0.717) is 0 Å². The molecule has 0 spiro atoms. The zero-order chi connectivity index (χ0) is 12.7. The van der Waals surface area contributed by atoms with E-state index in [0.717, 1.165) is 32.8 Å². The van der Waals surface area contributed by atoms with Gasteiger partial charge in [-0.3, -0.25) is 9.97 Å². The van der Waals surface area contributed by atoms with Gasteiger partial charge in [-0.1, -0.05) is 0 Å². The quantitative estimate of drug-likeness (QED) is 0.693. The Bertz CT molecular complexity index is 733. The van der Waals surface area contributed by atoms with Crippen molar-refractivity contribution in [1.29, 1.82) is 0 Å². The second-order valence-corrected chi connectivity index (χ2v) is 5.10. The number of imidazole rings is 1. The fourth-order valence-corrected chi connectivity index (χ4v) is 2.56. The molecule has 0 aliphatic carbocycles. The molecule has 3 aromatic heterocycles. The van der Waals surface area contributed by atoms with Crippen LogP contribution in [0.4, 0.5) is 0 Å². The molecule has 0 amide bonds. The number of halogens is 1. The minimum absolute atomic E-state index is 0.830. The molecular formula is C13H11BrN4. The molecule has 3 aromatic rings. The standard InChI is InChI=1S/C13H11BrN4/c1-8-5-10(14)6-18-7-11(17-13(8)18)12-9(2)15-3-4-16-12/h3-7H,1-2H3. The van der Waals surface area contributed by atoms with E-state index in [-0.39, 0.29) is 0 Å². The smallest absolute Gasteiger partial charge is 0.140 e. The zero-order valence-corrected chi connectivity index (χ0v) is 11.6. The molecule has 5 heteroatoms. The molecule has 0 fully saturated rings. The summed E-state index contributed by atoms with van der Waals surface area (Å²) in [5.74, 6) is 0. The summed E-state index contributed by atoms with van der Waals surface area (Å²) < 4.78 is 3.04. The van der Waals surface area contributed by atoms with Crippen molar-refractivity contribution >= 4 is 21.6 Å². The van der Waals surface area contributed by atoms with Crippen LogP contribution in [0.5, 0.6) is 0 Å². The second-order valence-electron chi connectivity index (χ2n) is 4.19. The lowest BCUT2D eigenvalue weighted by Gasteiger charge is -1.97. The van der Waals surface area contributed by atoms with Gasteiger partial charge in [-0.15, -0.1) is 0 Å². The van der Waals surface area contributed by atoms with Gasteiger partial charge in [0.2, 0.25) is 0 Å². The molecule has 0 aliphatic heterocycles. The fraction of sp³-hybridized carbons (Fsp3) is 0.154. The minimum Gasteiger partial charge on any atom is -0.305 e. The molecular weight excluding hydrogens is 292 g/mol. The van der Waals surface area contributed by atoms with Gasteiger partial charge >= 0.3 is 0 Å². The van der Waals surface area contributed by atoms with Crippen LogP contribution < -0.4 is 0 Å². The monoisotopic (exact) mass is 302 g/mol. The van der Waals surface area contributed by atoms with Gasteiger partial charge < -0.3 is 4.40 Å². The summed E-state index contributed by atoms with van der Waals surface area (Å²) in [7, 11) is 0. The highest BCUT2D eigenvalue weighted by Crippen LogP contribution is 2.22. The van der Waals surface area contributed by atoms with E-state index in [1.807, 2.05) is 30.6 Å². The Morgan fingerprint density at radius 3 is 2.67 bits per heavy atom. The number of aromatic nitrogens is 4. The van der Waals surface area contributed by atoms with Crippen molar-refractivity contribution in [3.8, 4) is 11.4 Å². The van der Waals surface area contributed by atoms with Gasteiger partial charge in [-0.05, 0) is 41.4 Å². The molecule has 0 aliphatic rings. The number of fused-ring (bicyclic) bond motifs is 1. The van der Waals surface area contributed by atoms with E-state index in [9.17, 15) is 0 Å². The molecule has 3 rings (SSSR count). The Balaban J connectivity index is 2.26. The highest BCUT2D eigenvalue weighted by molar-refractivity contribution is 9.10. The van der Waals surface area contributed by atoms with Gasteiger partial charge in [0.25, 0.3) is 0 Å². The van der Waals surface area contributed by atoms with E-state index in [2.05, 4.69) is 36.9 Å². The average Bonchev–Trinajstić information content (AvgIpc) is 2.73.